The Balaban J connectivity index is 1.93. The van der Waals surface area contributed by atoms with Gasteiger partial charge in [-0.25, -0.2) is 0 Å². The van der Waals surface area contributed by atoms with Crippen molar-refractivity contribution in [2.45, 2.75) is 38.8 Å². The molecule has 1 saturated carbocycles. The highest BCUT2D eigenvalue weighted by atomic mass is 32.2. The third-order valence-electron chi connectivity index (χ3n) is 3.92. The van der Waals surface area contributed by atoms with Crippen LogP contribution in [0.15, 0.2) is 0 Å². The third-order valence-corrected chi connectivity index (χ3v) is 4.83. The number of amides is 1. The Morgan fingerprint density at radius 2 is 2.18 bits per heavy atom. The van der Waals surface area contributed by atoms with E-state index in [0.717, 1.165) is 12.3 Å². The number of carbonyl (C=O) groups is 1. The number of nitrogens with one attached hydrogen (secondary N) is 1. The van der Waals surface area contributed by atoms with Crippen LogP contribution in [0.25, 0.3) is 0 Å². The first-order valence-corrected chi connectivity index (χ1v) is 8.13. The van der Waals surface area contributed by atoms with Crippen LogP contribution in [0, 0.1) is 11.8 Å². The van der Waals surface area contributed by atoms with Crippen LogP contribution in [0.2, 0.25) is 0 Å². The van der Waals surface area contributed by atoms with Crippen molar-refractivity contribution in [1.82, 2.24) is 10.2 Å². The number of nitrogens with zero attached hydrogens (tertiary/aromatic N) is 1. The summed E-state index contributed by atoms with van der Waals surface area (Å²) in [6.07, 6.45) is 7.72. The first kappa shape index (κ1) is 13.2. The lowest BCUT2D eigenvalue weighted by molar-refractivity contribution is -0.129. The first-order chi connectivity index (χ1) is 8.22. The molecule has 0 aromatic heterocycles. The van der Waals surface area contributed by atoms with Crippen molar-refractivity contribution in [2.24, 2.45) is 11.8 Å². The second-order valence-electron chi connectivity index (χ2n) is 5.48. The van der Waals surface area contributed by atoms with Crippen molar-refractivity contribution in [2.75, 3.05) is 25.1 Å². The van der Waals surface area contributed by atoms with Gasteiger partial charge in [-0.05, 0) is 36.7 Å². The molecule has 0 radical (unpaired) electrons. The van der Waals surface area contributed by atoms with E-state index >= 15 is 0 Å². The highest BCUT2D eigenvalue weighted by molar-refractivity contribution is 7.98. The molecule has 1 aliphatic carbocycles. The van der Waals surface area contributed by atoms with E-state index in [1.165, 1.54) is 25.7 Å². The Hall–Kier alpha value is -0.220. The summed E-state index contributed by atoms with van der Waals surface area (Å²) >= 11 is 1.87. The zero-order chi connectivity index (χ0) is 12.3. The lowest BCUT2D eigenvalue weighted by Crippen LogP contribution is -2.44. The van der Waals surface area contributed by atoms with Gasteiger partial charge in [-0.15, -0.1) is 0 Å². The molecule has 98 valence electrons. The second-order valence-corrected chi connectivity index (χ2v) is 6.39. The Morgan fingerprint density at radius 3 is 2.82 bits per heavy atom. The fourth-order valence-electron chi connectivity index (χ4n) is 3.14. The summed E-state index contributed by atoms with van der Waals surface area (Å²) in [5.74, 6) is 2.73. The molecule has 2 unspecified atom stereocenters. The van der Waals surface area contributed by atoms with Gasteiger partial charge in [0.1, 0.15) is 0 Å². The molecular formula is C13H24N2OS. The number of rotatable bonds is 5. The highest BCUT2D eigenvalue weighted by Crippen LogP contribution is 2.31. The van der Waals surface area contributed by atoms with Gasteiger partial charge in [-0.3, -0.25) is 10.1 Å². The molecule has 0 spiro atoms. The summed E-state index contributed by atoms with van der Waals surface area (Å²) in [5.41, 5.74) is 0. The van der Waals surface area contributed by atoms with E-state index < -0.39 is 0 Å². The molecule has 1 N–H and O–H groups in total. The van der Waals surface area contributed by atoms with Crippen LogP contribution in [0.1, 0.15) is 32.6 Å². The summed E-state index contributed by atoms with van der Waals surface area (Å²) in [6, 6.07) is 0. The van der Waals surface area contributed by atoms with Crippen LogP contribution in [0.3, 0.4) is 0 Å². The molecule has 1 heterocycles. The standard InChI is InChI=1S/C13H24N2OS/c1-10(9-17-2)8-15-12(16)7-14-13(15)11-5-3-4-6-11/h10-11,13-14H,3-9H2,1-2H3. The zero-order valence-electron chi connectivity index (χ0n) is 10.9. The van der Waals surface area contributed by atoms with Crippen molar-refractivity contribution in [3.63, 3.8) is 0 Å². The molecule has 2 rings (SSSR count). The predicted octanol–water partition coefficient (Wildman–Crippen LogP) is 1.93. The Labute approximate surface area is 109 Å². The molecule has 3 nitrogen and oxygen atoms in total. The average Bonchev–Trinajstić information content (AvgIpc) is 2.90. The molecule has 0 aromatic carbocycles. The maximum Gasteiger partial charge on any atom is 0.237 e. The van der Waals surface area contributed by atoms with Gasteiger partial charge in [0.15, 0.2) is 0 Å². The Kier molecular flexibility index (Phi) is 4.74. The van der Waals surface area contributed by atoms with Crippen LogP contribution in [0.5, 0.6) is 0 Å². The van der Waals surface area contributed by atoms with Gasteiger partial charge in [0, 0.05) is 6.54 Å². The lowest BCUT2D eigenvalue weighted by atomic mass is 10.0. The summed E-state index contributed by atoms with van der Waals surface area (Å²) in [5, 5.41) is 3.42. The predicted molar refractivity (Wildman–Crippen MR) is 73.0 cm³/mol. The van der Waals surface area contributed by atoms with Crippen LogP contribution in [-0.2, 0) is 4.79 Å². The van der Waals surface area contributed by atoms with Gasteiger partial charge in [0.05, 0.1) is 12.7 Å². The van der Waals surface area contributed by atoms with E-state index in [9.17, 15) is 4.79 Å². The van der Waals surface area contributed by atoms with Gasteiger partial charge in [0.2, 0.25) is 5.91 Å². The second kappa shape index (κ2) is 6.10. The Bertz CT molecular complexity index is 266. The lowest BCUT2D eigenvalue weighted by Gasteiger charge is -2.31. The molecule has 2 fully saturated rings. The van der Waals surface area contributed by atoms with Gasteiger partial charge < -0.3 is 4.90 Å². The number of hydrogen-bond donors (Lipinski definition) is 1. The third kappa shape index (κ3) is 3.16. The van der Waals surface area contributed by atoms with Crippen LogP contribution < -0.4 is 5.32 Å². The van der Waals surface area contributed by atoms with Crippen molar-refractivity contribution in [1.29, 1.82) is 0 Å². The van der Waals surface area contributed by atoms with E-state index in [1.54, 1.807) is 0 Å². The average molecular weight is 256 g/mol. The molecule has 1 saturated heterocycles. The smallest absolute Gasteiger partial charge is 0.237 e. The monoisotopic (exact) mass is 256 g/mol. The number of hydrogen-bond acceptors (Lipinski definition) is 3. The van der Waals surface area contributed by atoms with E-state index in [2.05, 4.69) is 23.4 Å². The molecule has 1 aliphatic heterocycles. The molecular weight excluding hydrogens is 232 g/mol. The minimum Gasteiger partial charge on any atom is -0.325 e. The topological polar surface area (TPSA) is 32.3 Å². The molecule has 1 amide bonds. The minimum absolute atomic E-state index is 0.301. The van der Waals surface area contributed by atoms with Gasteiger partial charge in [-0.1, -0.05) is 19.8 Å². The quantitative estimate of drug-likeness (QED) is 0.816. The number of carbonyl (C=O) groups excluding carboxylic acids is 1. The molecule has 2 aliphatic rings. The summed E-state index contributed by atoms with van der Waals surface area (Å²) in [6.45, 7) is 3.72. The molecule has 4 heteroatoms. The zero-order valence-corrected chi connectivity index (χ0v) is 11.8. The molecule has 0 aromatic rings. The van der Waals surface area contributed by atoms with E-state index in [0.29, 0.717) is 30.5 Å². The van der Waals surface area contributed by atoms with E-state index in [-0.39, 0.29) is 0 Å². The molecule has 2 atom stereocenters. The van der Waals surface area contributed by atoms with Crippen molar-refractivity contribution < 1.29 is 4.79 Å². The van der Waals surface area contributed by atoms with Gasteiger partial charge in [-0.2, -0.15) is 11.8 Å². The summed E-state index contributed by atoms with van der Waals surface area (Å²) in [7, 11) is 0. The van der Waals surface area contributed by atoms with Gasteiger partial charge in [0.25, 0.3) is 0 Å². The maximum atomic E-state index is 11.9. The fourth-order valence-corrected chi connectivity index (χ4v) is 3.82. The normalized spacial score (nSPS) is 28.0. The Morgan fingerprint density at radius 1 is 1.47 bits per heavy atom. The highest BCUT2D eigenvalue weighted by Gasteiger charge is 2.37. The van der Waals surface area contributed by atoms with Gasteiger partial charge >= 0.3 is 0 Å². The maximum absolute atomic E-state index is 11.9. The van der Waals surface area contributed by atoms with E-state index in [4.69, 9.17) is 0 Å². The van der Waals surface area contributed by atoms with Crippen molar-refractivity contribution in [3.8, 4) is 0 Å². The first-order valence-electron chi connectivity index (χ1n) is 6.74. The fraction of sp³-hybridized carbons (Fsp3) is 0.923. The molecule has 17 heavy (non-hydrogen) atoms. The van der Waals surface area contributed by atoms with Crippen molar-refractivity contribution in [3.05, 3.63) is 0 Å². The van der Waals surface area contributed by atoms with Crippen molar-refractivity contribution >= 4 is 17.7 Å². The van der Waals surface area contributed by atoms with E-state index in [1.807, 2.05) is 11.8 Å². The summed E-state index contributed by atoms with van der Waals surface area (Å²) in [4.78, 5) is 14.0. The number of thioether (sulfide) groups is 1. The summed E-state index contributed by atoms with van der Waals surface area (Å²) < 4.78 is 0. The minimum atomic E-state index is 0.301. The van der Waals surface area contributed by atoms with Crippen LogP contribution >= 0.6 is 11.8 Å². The SMILES string of the molecule is CSCC(C)CN1C(=O)CNC1C1CCCC1. The largest absolute Gasteiger partial charge is 0.325 e. The van der Waals surface area contributed by atoms with Crippen LogP contribution in [0.4, 0.5) is 0 Å². The van der Waals surface area contributed by atoms with Crippen LogP contribution in [-0.4, -0.2) is 42.1 Å². The molecule has 0 bridgehead atoms.